The highest BCUT2D eigenvalue weighted by atomic mass is 35.5. The van der Waals surface area contributed by atoms with E-state index < -0.39 is 45.8 Å². The van der Waals surface area contributed by atoms with Gasteiger partial charge in [-0.15, -0.1) is 0 Å². The minimum absolute atomic E-state index is 0.00172. The van der Waals surface area contributed by atoms with E-state index in [0.717, 1.165) is 9.87 Å². The van der Waals surface area contributed by atoms with E-state index in [2.05, 4.69) is 5.32 Å². The van der Waals surface area contributed by atoms with Crippen LogP contribution in [0, 0.1) is 5.82 Å². The van der Waals surface area contributed by atoms with Gasteiger partial charge < -0.3 is 10.2 Å². The number of sulfonamides is 1. The summed E-state index contributed by atoms with van der Waals surface area (Å²) in [5.74, 6) is -1.57. The van der Waals surface area contributed by atoms with Crippen molar-refractivity contribution >= 4 is 50.7 Å². The van der Waals surface area contributed by atoms with Crippen LogP contribution in [-0.2, 0) is 32.6 Å². The van der Waals surface area contributed by atoms with Crippen LogP contribution in [0.5, 0.6) is 0 Å². The fourth-order valence-corrected chi connectivity index (χ4v) is 6.61. The molecular formula is C34H34Cl2FN3O4S. The van der Waals surface area contributed by atoms with E-state index >= 15 is 0 Å². The minimum atomic E-state index is -4.34. The maximum absolute atomic E-state index is 14.5. The molecule has 0 aliphatic carbocycles. The van der Waals surface area contributed by atoms with Gasteiger partial charge >= 0.3 is 0 Å². The molecule has 0 saturated carbocycles. The fourth-order valence-electron chi connectivity index (χ4n) is 4.71. The minimum Gasteiger partial charge on any atom is -0.350 e. The number of rotatable bonds is 11. The van der Waals surface area contributed by atoms with Crippen molar-refractivity contribution in [3.63, 3.8) is 0 Å². The van der Waals surface area contributed by atoms with Crippen molar-refractivity contribution in [1.82, 2.24) is 10.2 Å². The number of carbonyl (C=O) groups is 2. The summed E-state index contributed by atoms with van der Waals surface area (Å²) in [6.45, 7) is 4.67. The van der Waals surface area contributed by atoms with E-state index in [1.165, 1.54) is 59.5 Å². The van der Waals surface area contributed by atoms with E-state index in [-0.39, 0.29) is 33.6 Å². The summed E-state index contributed by atoms with van der Waals surface area (Å²) in [6, 6.07) is 25.8. The van der Waals surface area contributed by atoms with Crippen molar-refractivity contribution < 1.29 is 22.4 Å². The molecule has 0 fully saturated rings. The summed E-state index contributed by atoms with van der Waals surface area (Å²) in [5, 5.41) is 3.01. The first-order valence-corrected chi connectivity index (χ1v) is 16.4. The number of benzene rings is 4. The Hall–Kier alpha value is -3.92. The van der Waals surface area contributed by atoms with Gasteiger partial charge in [-0.05, 0) is 68.3 Å². The number of anilines is 1. The normalized spacial score (nSPS) is 12.3. The maximum atomic E-state index is 14.5. The number of carbonyl (C=O) groups excluding carboxylic acids is 2. The summed E-state index contributed by atoms with van der Waals surface area (Å²) in [5.41, 5.74) is 0.703. The summed E-state index contributed by atoms with van der Waals surface area (Å²) >= 11 is 12.8. The SMILES string of the molecule is CC(C)(C)NC(=O)[C@H](Cc1ccccc1)N(Cc1ccc(F)cc1)C(=O)CN(c1cccc(Cl)c1Cl)S(=O)(=O)c1ccccc1. The van der Waals surface area contributed by atoms with Crippen LogP contribution in [0.2, 0.25) is 10.0 Å². The van der Waals surface area contributed by atoms with Crippen molar-refractivity contribution in [2.45, 2.75) is 50.2 Å². The molecule has 1 N–H and O–H groups in total. The van der Waals surface area contributed by atoms with Crippen molar-refractivity contribution in [3.05, 3.63) is 130 Å². The quantitative estimate of drug-likeness (QED) is 0.189. The third kappa shape index (κ3) is 8.84. The van der Waals surface area contributed by atoms with Crippen molar-refractivity contribution in [2.75, 3.05) is 10.8 Å². The number of amides is 2. The van der Waals surface area contributed by atoms with E-state index in [0.29, 0.717) is 5.56 Å². The first-order chi connectivity index (χ1) is 21.3. The Morgan fingerprint density at radius 1 is 0.822 bits per heavy atom. The largest absolute Gasteiger partial charge is 0.350 e. The zero-order valence-corrected chi connectivity index (χ0v) is 27.4. The van der Waals surface area contributed by atoms with Crippen LogP contribution in [0.1, 0.15) is 31.9 Å². The summed E-state index contributed by atoms with van der Waals surface area (Å²) in [4.78, 5) is 29.6. The second kappa shape index (κ2) is 14.5. The number of halogens is 3. The van der Waals surface area contributed by atoms with Crippen molar-refractivity contribution in [1.29, 1.82) is 0 Å². The molecule has 236 valence electrons. The third-order valence-electron chi connectivity index (χ3n) is 6.85. The standard InChI is InChI=1S/C34H34Cl2FN3O4S/c1-34(2,3)38-33(42)30(21-24-11-6-4-7-12-24)39(22-25-17-19-26(37)20-18-25)31(41)23-40(29-16-10-15-28(35)32(29)36)45(43,44)27-13-8-5-9-14-27/h4-20,30H,21-23H2,1-3H3,(H,38,42)/t30-/m0/s1. The monoisotopic (exact) mass is 669 g/mol. The highest BCUT2D eigenvalue weighted by molar-refractivity contribution is 7.92. The zero-order valence-electron chi connectivity index (χ0n) is 25.1. The van der Waals surface area contributed by atoms with Gasteiger partial charge in [-0.1, -0.05) is 89.9 Å². The number of hydrogen-bond acceptors (Lipinski definition) is 4. The van der Waals surface area contributed by atoms with Gasteiger partial charge in [0.2, 0.25) is 11.8 Å². The molecule has 0 radical (unpaired) electrons. The number of hydrogen-bond donors (Lipinski definition) is 1. The van der Waals surface area contributed by atoms with Crippen LogP contribution < -0.4 is 9.62 Å². The van der Waals surface area contributed by atoms with Gasteiger partial charge in [-0.3, -0.25) is 13.9 Å². The van der Waals surface area contributed by atoms with Gasteiger partial charge in [0.1, 0.15) is 18.4 Å². The first kappa shape index (κ1) is 34.0. The van der Waals surface area contributed by atoms with Gasteiger partial charge in [0, 0.05) is 18.5 Å². The maximum Gasteiger partial charge on any atom is 0.264 e. The van der Waals surface area contributed by atoms with Crippen LogP contribution in [0.4, 0.5) is 10.1 Å². The number of nitrogens with one attached hydrogen (secondary N) is 1. The molecule has 2 amide bonds. The van der Waals surface area contributed by atoms with Crippen LogP contribution in [0.15, 0.2) is 108 Å². The molecule has 7 nitrogen and oxygen atoms in total. The fraction of sp³-hybridized carbons (Fsp3) is 0.235. The number of nitrogens with zero attached hydrogens (tertiary/aromatic N) is 2. The molecule has 1 atom stereocenters. The summed E-state index contributed by atoms with van der Waals surface area (Å²) in [6.07, 6.45) is 0.138. The van der Waals surface area contributed by atoms with E-state index in [1.54, 1.807) is 18.2 Å². The Bertz CT molecular complexity index is 1730. The zero-order chi connectivity index (χ0) is 32.8. The van der Waals surface area contributed by atoms with E-state index in [1.807, 2.05) is 51.1 Å². The molecule has 0 saturated heterocycles. The predicted octanol–water partition coefficient (Wildman–Crippen LogP) is 6.88. The third-order valence-corrected chi connectivity index (χ3v) is 9.43. The second-order valence-corrected chi connectivity index (χ2v) is 14.1. The first-order valence-electron chi connectivity index (χ1n) is 14.2. The van der Waals surface area contributed by atoms with E-state index in [9.17, 15) is 22.4 Å². The lowest BCUT2D eigenvalue weighted by Crippen LogP contribution is -2.56. The summed E-state index contributed by atoms with van der Waals surface area (Å²) < 4.78 is 42.9. The average molecular weight is 671 g/mol. The van der Waals surface area contributed by atoms with Gasteiger partial charge in [0.25, 0.3) is 10.0 Å². The lowest BCUT2D eigenvalue weighted by molar-refractivity contribution is -0.140. The molecule has 0 bridgehead atoms. The van der Waals surface area contributed by atoms with Crippen LogP contribution in [0.25, 0.3) is 0 Å². The van der Waals surface area contributed by atoms with Crippen molar-refractivity contribution in [2.24, 2.45) is 0 Å². The lowest BCUT2D eigenvalue weighted by atomic mass is 10.0. The smallest absolute Gasteiger partial charge is 0.264 e. The molecule has 4 aromatic rings. The van der Waals surface area contributed by atoms with Crippen LogP contribution in [0.3, 0.4) is 0 Å². The van der Waals surface area contributed by atoms with E-state index in [4.69, 9.17) is 23.2 Å². The Morgan fingerprint density at radius 2 is 1.42 bits per heavy atom. The molecule has 0 unspecified atom stereocenters. The molecule has 0 spiro atoms. The van der Waals surface area contributed by atoms with Crippen LogP contribution in [-0.4, -0.2) is 43.3 Å². The lowest BCUT2D eigenvalue weighted by Gasteiger charge is -2.35. The summed E-state index contributed by atoms with van der Waals surface area (Å²) in [7, 11) is -4.34. The highest BCUT2D eigenvalue weighted by Crippen LogP contribution is 2.35. The molecule has 0 aliphatic heterocycles. The Kier molecular flexibility index (Phi) is 10.9. The Morgan fingerprint density at radius 3 is 2.02 bits per heavy atom. The molecule has 0 heterocycles. The molecule has 4 rings (SSSR count). The van der Waals surface area contributed by atoms with Gasteiger partial charge in [-0.25, -0.2) is 12.8 Å². The Balaban J connectivity index is 1.84. The van der Waals surface area contributed by atoms with Gasteiger partial charge in [0.15, 0.2) is 0 Å². The predicted molar refractivity (Wildman–Crippen MR) is 176 cm³/mol. The molecule has 45 heavy (non-hydrogen) atoms. The topological polar surface area (TPSA) is 86.8 Å². The molecule has 4 aromatic carbocycles. The average Bonchev–Trinajstić information content (AvgIpc) is 3.00. The molecule has 0 aliphatic rings. The highest BCUT2D eigenvalue weighted by Gasteiger charge is 2.36. The molecule has 11 heteroatoms. The van der Waals surface area contributed by atoms with Crippen molar-refractivity contribution in [3.8, 4) is 0 Å². The van der Waals surface area contributed by atoms with Gasteiger partial charge in [0.05, 0.1) is 20.6 Å². The molecular weight excluding hydrogens is 636 g/mol. The second-order valence-electron chi connectivity index (χ2n) is 11.5. The Labute approximate surface area is 273 Å². The molecule has 0 aromatic heterocycles. The van der Waals surface area contributed by atoms with Gasteiger partial charge in [-0.2, -0.15) is 0 Å². The van der Waals surface area contributed by atoms with Crippen LogP contribution >= 0.6 is 23.2 Å².